The van der Waals surface area contributed by atoms with Crippen molar-refractivity contribution in [3.63, 3.8) is 0 Å². The van der Waals surface area contributed by atoms with E-state index < -0.39 is 0 Å². The zero-order valence-electron chi connectivity index (χ0n) is 12.1. The van der Waals surface area contributed by atoms with Gasteiger partial charge in [0.25, 0.3) is 0 Å². The largest absolute Gasteiger partial charge is 0.438 e. The molecule has 21 heavy (non-hydrogen) atoms. The fourth-order valence-corrected chi connectivity index (χ4v) is 2.28. The SMILES string of the molecule is COCc1nc(NN)cc(Oc2c(C)cc(Cl)cc2C)n1. The summed E-state index contributed by atoms with van der Waals surface area (Å²) in [6, 6.07) is 5.29. The van der Waals surface area contributed by atoms with E-state index in [1.165, 1.54) is 0 Å². The average Bonchev–Trinajstić information content (AvgIpc) is 2.43. The molecular weight excluding hydrogens is 292 g/mol. The minimum atomic E-state index is 0.268. The molecule has 0 unspecified atom stereocenters. The molecule has 0 amide bonds. The smallest absolute Gasteiger partial charge is 0.224 e. The summed E-state index contributed by atoms with van der Waals surface area (Å²) in [6.07, 6.45) is 0. The van der Waals surface area contributed by atoms with Crippen LogP contribution in [0.3, 0.4) is 0 Å². The number of nitrogens with zero attached hydrogens (tertiary/aromatic N) is 2. The van der Waals surface area contributed by atoms with Gasteiger partial charge in [0.15, 0.2) is 5.82 Å². The predicted octanol–water partition coefficient (Wildman–Crippen LogP) is 2.97. The molecule has 0 aliphatic heterocycles. The van der Waals surface area contributed by atoms with E-state index in [-0.39, 0.29) is 6.61 Å². The molecule has 2 aromatic rings. The number of anilines is 1. The summed E-state index contributed by atoms with van der Waals surface area (Å²) in [7, 11) is 1.57. The average molecular weight is 309 g/mol. The molecule has 0 radical (unpaired) electrons. The first-order chi connectivity index (χ1) is 10.0. The van der Waals surface area contributed by atoms with Gasteiger partial charge in [0, 0.05) is 18.2 Å². The molecule has 7 heteroatoms. The number of hydrazine groups is 1. The lowest BCUT2D eigenvalue weighted by Crippen LogP contribution is -2.11. The monoisotopic (exact) mass is 308 g/mol. The number of aromatic nitrogens is 2. The van der Waals surface area contributed by atoms with Crippen LogP contribution in [0.4, 0.5) is 5.82 Å². The van der Waals surface area contributed by atoms with Crippen molar-refractivity contribution in [1.29, 1.82) is 0 Å². The molecule has 0 fully saturated rings. The van der Waals surface area contributed by atoms with Gasteiger partial charge < -0.3 is 14.9 Å². The Hall–Kier alpha value is -1.89. The van der Waals surface area contributed by atoms with Gasteiger partial charge in [-0.15, -0.1) is 0 Å². The van der Waals surface area contributed by atoms with Crippen LogP contribution in [0.1, 0.15) is 17.0 Å². The van der Waals surface area contributed by atoms with Crippen LogP contribution in [0.5, 0.6) is 11.6 Å². The van der Waals surface area contributed by atoms with Crippen LogP contribution in [0.2, 0.25) is 5.02 Å². The van der Waals surface area contributed by atoms with Gasteiger partial charge in [0.2, 0.25) is 5.88 Å². The molecule has 0 aliphatic carbocycles. The van der Waals surface area contributed by atoms with Crippen molar-refractivity contribution in [2.75, 3.05) is 12.5 Å². The summed E-state index contributed by atoms with van der Waals surface area (Å²) >= 11 is 6.02. The third-order valence-corrected chi connectivity index (χ3v) is 3.02. The standard InChI is InChI=1S/C14H17ClN4O2/c1-8-4-10(15)5-9(2)14(8)21-13-6-11(19-16)17-12(18-13)7-20-3/h4-6H,7,16H2,1-3H3,(H,17,18,19). The summed E-state index contributed by atoms with van der Waals surface area (Å²) in [5.74, 6) is 7.44. The number of rotatable bonds is 5. The van der Waals surface area contributed by atoms with E-state index in [0.717, 1.165) is 11.1 Å². The quantitative estimate of drug-likeness (QED) is 0.653. The van der Waals surface area contributed by atoms with E-state index in [9.17, 15) is 0 Å². The minimum Gasteiger partial charge on any atom is -0.438 e. The Morgan fingerprint density at radius 2 is 1.86 bits per heavy atom. The minimum absolute atomic E-state index is 0.268. The lowest BCUT2D eigenvalue weighted by Gasteiger charge is -2.13. The highest BCUT2D eigenvalue weighted by atomic mass is 35.5. The Kier molecular flexibility index (Phi) is 4.95. The molecule has 0 saturated heterocycles. The molecule has 0 spiro atoms. The molecule has 1 heterocycles. The molecule has 1 aromatic heterocycles. The van der Waals surface area contributed by atoms with E-state index in [0.29, 0.717) is 28.3 Å². The molecule has 0 saturated carbocycles. The molecule has 1 aromatic carbocycles. The molecule has 0 bridgehead atoms. The van der Waals surface area contributed by atoms with E-state index in [1.54, 1.807) is 13.2 Å². The molecule has 2 rings (SSSR count). The first-order valence-corrected chi connectivity index (χ1v) is 6.69. The fourth-order valence-electron chi connectivity index (χ4n) is 1.96. The number of nitrogens with one attached hydrogen (secondary N) is 1. The second kappa shape index (κ2) is 6.71. The Morgan fingerprint density at radius 3 is 2.43 bits per heavy atom. The van der Waals surface area contributed by atoms with Crippen molar-refractivity contribution in [2.24, 2.45) is 5.84 Å². The number of aryl methyl sites for hydroxylation is 2. The summed E-state index contributed by atoms with van der Waals surface area (Å²) in [5, 5.41) is 0.671. The van der Waals surface area contributed by atoms with E-state index in [4.69, 9.17) is 26.9 Å². The van der Waals surface area contributed by atoms with Crippen LogP contribution in [0.25, 0.3) is 0 Å². The van der Waals surface area contributed by atoms with Crippen LogP contribution in [0, 0.1) is 13.8 Å². The second-order valence-corrected chi connectivity index (χ2v) is 4.99. The van der Waals surface area contributed by atoms with Crippen LogP contribution in [-0.4, -0.2) is 17.1 Å². The highest BCUT2D eigenvalue weighted by molar-refractivity contribution is 6.30. The van der Waals surface area contributed by atoms with Crippen molar-refractivity contribution in [1.82, 2.24) is 9.97 Å². The number of nitrogen functional groups attached to an aromatic ring is 1. The number of halogens is 1. The lowest BCUT2D eigenvalue weighted by atomic mass is 10.1. The van der Waals surface area contributed by atoms with Crippen molar-refractivity contribution >= 4 is 17.4 Å². The zero-order chi connectivity index (χ0) is 15.4. The van der Waals surface area contributed by atoms with E-state index in [2.05, 4.69) is 15.4 Å². The first kappa shape index (κ1) is 15.5. The zero-order valence-corrected chi connectivity index (χ0v) is 12.9. The van der Waals surface area contributed by atoms with E-state index >= 15 is 0 Å². The maximum atomic E-state index is 6.02. The summed E-state index contributed by atoms with van der Waals surface area (Å²) in [4.78, 5) is 8.45. The van der Waals surface area contributed by atoms with Crippen molar-refractivity contribution in [3.05, 3.63) is 40.2 Å². The third-order valence-electron chi connectivity index (χ3n) is 2.80. The third kappa shape index (κ3) is 3.81. The predicted molar refractivity (Wildman–Crippen MR) is 81.6 cm³/mol. The maximum Gasteiger partial charge on any atom is 0.224 e. The van der Waals surface area contributed by atoms with Gasteiger partial charge in [0.05, 0.1) is 0 Å². The van der Waals surface area contributed by atoms with Gasteiger partial charge in [-0.3, -0.25) is 0 Å². The Morgan fingerprint density at radius 1 is 1.19 bits per heavy atom. The number of nitrogens with two attached hydrogens (primary N) is 1. The molecule has 0 aliphatic rings. The Bertz CT molecular complexity index is 626. The molecule has 0 atom stereocenters. The van der Waals surface area contributed by atoms with Gasteiger partial charge in [-0.2, -0.15) is 4.98 Å². The Labute approximate surface area is 128 Å². The summed E-state index contributed by atoms with van der Waals surface area (Å²) in [6.45, 7) is 4.12. The Balaban J connectivity index is 2.37. The molecule has 6 nitrogen and oxygen atoms in total. The highest BCUT2D eigenvalue weighted by Crippen LogP contribution is 2.31. The summed E-state index contributed by atoms with van der Waals surface area (Å²) < 4.78 is 10.9. The van der Waals surface area contributed by atoms with Gasteiger partial charge in [-0.05, 0) is 37.1 Å². The van der Waals surface area contributed by atoms with Crippen LogP contribution >= 0.6 is 11.6 Å². The molecule has 3 N–H and O–H groups in total. The van der Waals surface area contributed by atoms with Gasteiger partial charge in [-0.1, -0.05) is 11.6 Å². The normalized spacial score (nSPS) is 10.5. The van der Waals surface area contributed by atoms with Crippen molar-refractivity contribution in [3.8, 4) is 11.6 Å². The first-order valence-electron chi connectivity index (χ1n) is 6.31. The van der Waals surface area contributed by atoms with Crippen LogP contribution in [0.15, 0.2) is 18.2 Å². The molecule has 112 valence electrons. The fraction of sp³-hybridized carbons (Fsp3) is 0.286. The van der Waals surface area contributed by atoms with E-state index in [1.807, 2.05) is 26.0 Å². The van der Waals surface area contributed by atoms with Gasteiger partial charge in [0.1, 0.15) is 18.2 Å². The maximum absolute atomic E-state index is 6.02. The second-order valence-electron chi connectivity index (χ2n) is 4.56. The highest BCUT2D eigenvalue weighted by Gasteiger charge is 2.10. The number of hydrogen-bond donors (Lipinski definition) is 2. The molecular formula is C14H17ClN4O2. The van der Waals surface area contributed by atoms with Gasteiger partial charge >= 0.3 is 0 Å². The number of methoxy groups -OCH3 is 1. The van der Waals surface area contributed by atoms with Crippen molar-refractivity contribution in [2.45, 2.75) is 20.5 Å². The topological polar surface area (TPSA) is 82.3 Å². The number of benzene rings is 1. The lowest BCUT2D eigenvalue weighted by molar-refractivity contribution is 0.177. The summed E-state index contributed by atoms with van der Waals surface area (Å²) in [5.41, 5.74) is 4.33. The number of hydrogen-bond acceptors (Lipinski definition) is 6. The number of ether oxygens (including phenoxy) is 2. The van der Waals surface area contributed by atoms with Crippen LogP contribution in [-0.2, 0) is 11.3 Å². The van der Waals surface area contributed by atoms with Crippen LogP contribution < -0.4 is 16.0 Å². The van der Waals surface area contributed by atoms with Crippen molar-refractivity contribution < 1.29 is 9.47 Å². The van der Waals surface area contributed by atoms with Gasteiger partial charge in [-0.25, -0.2) is 10.8 Å².